The molecule has 0 saturated heterocycles. The molecule has 1 aliphatic carbocycles. The Balaban J connectivity index is 1.16. The lowest BCUT2D eigenvalue weighted by Gasteiger charge is -2.36. The maximum Gasteiger partial charge on any atom is 0.274 e. The van der Waals surface area contributed by atoms with E-state index in [4.69, 9.17) is 40.5 Å². The summed E-state index contributed by atoms with van der Waals surface area (Å²) in [6.07, 6.45) is 1.83. The first-order valence-corrected chi connectivity index (χ1v) is 16.0. The molecule has 1 saturated carbocycles. The van der Waals surface area contributed by atoms with Crippen molar-refractivity contribution in [2.75, 3.05) is 78.4 Å². The van der Waals surface area contributed by atoms with Crippen molar-refractivity contribution in [3.05, 3.63) is 72.9 Å². The summed E-state index contributed by atoms with van der Waals surface area (Å²) < 4.78 is 29.2. The SMILES string of the molecule is CNCCOCCOCCOCCOCCOC1CC(c2cc3[nH]c(=O)c([C@@H](C)Nc4ccc(C#N)n(C)c4=O)cc3cc2Cl)C1. The predicted molar refractivity (Wildman–Crippen MR) is 177 cm³/mol. The molecule has 1 atom stereocenters. The van der Waals surface area contributed by atoms with Crippen LogP contribution in [0.15, 0.2) is 39.9 Å². The monoisotopic (exact) mass is 657 g/mol. The number of hydrogen-bond acceptors (Lipinski definition) is 10. The third-order valence-electron chi connectivity index (χ3n) is 7.98. The van der Waals surface area contributed by atoms with E-state index in [1.807, 2.05) is 25.2 Å². The van der Waals surface area contributed by atoms with Gasteiger partial charge in [0, 0.05) is 35.1 Å². The lowest BCUT2D eigenvalue weighted by Crippen LogP contribution is -2.31. The van der Waals surface area contributed by atoms with E-state index in [1.165, 1.54) is 11.6 Å². The Bertz CT molecular complexity index is 1580. The third-order valence-corrected chi connectivity index (χ3v) is 8.30. The molecule has 12 nitrogen and oxygen atoms in total. The average molecular weight is 658 g/mol. The van der Waals surface area contributed by atoms with Crippen LogP contribution in [0.25, 0.3) is 10.9 Å². The first-order chi connectivity index (χ1) is 22.3. The highest BCUT2D eigenvalue weighted by Gasteiger charge is 2.32. The van der Waals surface area contributed by atoms with Gasteiger partial charge in [0.05, 0.1) is 71.6 Å². The number of ether oxygens (including phenoxy) is 5. The number of hydrogen-bond donors (Lipinski definition) is 3. The highest BCUT2D eigenvalue weighted by molar-refractivity contribution is 6.32. The van der Waals surface area contributed by atoms with E-state index in [0.717, 1.165) is 30.3 Å². The molecule has 46 heavy (non-hydrogen) atoms. The number of anilines is 1. The zero-order valence-corrected chi connectivity index (χ0v) is 27.5. The molecule has 0 radical (unpaired) electrons. The Morgan fingerprint density at radius 2 is 1.61 bits per heavy atom. The number of nitrogens with one attached hydrogen (secondary N) is 3. The normalized spacial score (nSPS) is 16.7. The summed E-state index contributed by atoms with van der Waals surface area (Å²) in [5.41, 5.74) is 2.13. The van der Waals surface area contributed by atoms with Crippen LogP contribution in [0, 0.1) is 11.3 Å². The van der Waals surface area contributed by atoms with E-state index in [0.29, 0.717) is 81.3 Å². The lowest BCUT2D eigenvalue weighted by molar-refractivity contribution is -0.0473. The van der Waals surface area contributed by atoms with E-state index in [9.17, 15) is 9.59 Å². The van der Waals surface area contributed by atoms with Crippen LogP contribution in [0.2, 0.25) is 5.02 Å². The molecule has 0 spiro atoms. The summed E-state index contributed by atoms with van der Waals surface area (Å²) in [7, 11) is 3.42. The van der Waals surface area contributed by atoms with Crippen LogP contribution >= 0.6 is 11.6 Å². The molecule has 0 aliphatic heterocycles. The van der Waals surface area contributed by atoms with E-state index in [1.54, 1.807) is 25.1 Å². The zero-order chi connectivity index (χ0) is 32.9. The van der Waals surface area contributed by atoms with Crippen LogP contribution in [-0.4, -0.2) is 88.7 Å². The van der Waals surface area contributed by atoms with Gasteiger partial charge in [0.1, 0.15) is 17.5 Å². The summed E-state index contributed by atoms with van der Waals surface area (Å²) in [6, 6.07) is 10.3. The van der Waals surface area contributed by atoms with Crippen molar-refractivity contribution in [3.63, 3.8) is 0 Å². The van der Waals surface area contributed by atoms with E-state index in [-0.39, 0.29) is 28.8 Å². The molecule has 4 rings (SSSR count). The molecule has 0 unspecified atom stereocenters. The van der Waals surface area contributed by atoms with Crippen LogP contribution in [0.3, 0.4) is 0 Å². The Hall–Kier alpha value is -3.28. The number of pyridine rings is 2. The summed E-state index contributed by atoms with van der Waals surface area (Å²) in [4.78, 5) is 28.6. The van der Waals surface area contributed by atoms with E-state index in [2.05, 4.69) is 15.6 Å². The van der Waals surface area contributed by atoms with Gasteiger partial charge in [-0.05, 0) is 68.6 Å². The number of fused-ring (bicyclic) bond motifs is 1. The molecule has 2 aromatic heterocycles. The molecular weight excluding hydrogens is 614 g/mol. The summed E-state index contributed by atoms with van der Waals surface area (Å²) in [5.74, 6) is 0.245. The standard InChI is InChI=1S/C33H44ClN5O7/c1-22(37-30-5-4-25(21-35)39(3)33(30)41)27-18-24-19-29(34)28(20-31(24)38-32(27)40)23-16-26(17-23)46-15-14-45-13-12-44-11-10-43-9-8-42-7-6-36-2/h4-5,18-20,22-23,26,36-37H,6-17H2,1-3H3,(H,38,40)/t22-,23?,26?/m1/s1. The second-order valence-electron chi connectivity index (χ2n) is 11.2. The van der Waals surface area contributed by atoms with Gasteiger partial charge in [-0.2, -0.15) is 5.26 Å². The van der Waals surface area contributed by atoms with Gasteiger partial charge >= 0.3 is 0 Å². The van der Waals surface area contributed by atoms with Crippen molar-refractivity contribution in [2.24, 2.45) is 7.05 Å². The van der Waals surface area contributed by atoms with E-state index < -0.39 is 6.04 Å². The average Bonchev–Trinajstić information content (AvgIpc) is 3.02. The minimum absolute atomic E-state index is 0.138. The molecule has 3 N–H and O–H groups in total. The maximum absolute atomic E-state index is 13.0. The topological polar surface area (TPSA) is 149 Å². The van der Waals surface area contributed by atoms with Crippen molar-refractivity contribution in [1.29, 1.82) is 5.26 Å². The molecule has 0 bridgehead atoms. The van der Waals surface area contributed by atoms with Crippen LogP contribution in [0.5, 0.6) is 0 Å². The number of aromatic amines is 1. The summed E-state index contributed by atoms with van der Waals surface area (Å²) in [6.45, 7) is 7.51. The van der Waals surface area contributed by atoms with E-state index >= 15 is 0 Å². The van der Waals surface area contributed by atoms with Crippen molar-refractivity contribution in [3.8, 4) is 6.07 Å². The number of nitriles is 1. The number of likely N-dealkylation sites (N-methyl/N-ethyl adjacent to an activating group) is 1. The zero-order valence-electron chi connectivity index (χ0n) is 26.7. The molecule has 1 fully saturated rings. The smallest absolute Gasteiger partial charge is 0.274 e. The molecule has 1 aliphatic rings. The number of H-pyrrole nitrogens is 1. The Morgan fingerprint density at radius 1 is 0.978 bits per heavy atom. The number of halogens is 1. The van der Waals surface area contributed by atoms with Crippen LogP contribution in [0.1, 0.15) is 48.5 Å². The van der Waals surface area contributed by atoms with Gasteiger partial charge in [0.15, 0.2) is 0 Å². The second kappa shape index (κ2) is 18.2. The molecular formula is C33H44ClN5O7. The van der Waals surface area contributed by atoms with Crippen molar-refractivity contribution in [1.82, 2.24) is 14.9 Å². The van der Waals surface area contributed by atoms with Crippen molar-refractivity contribution >= 4 is 28.2 Å². The number of benzene rings is 1. The van der Waals surface area contributed by atoms with Crippen LogP contribution in [0.4, 0.5) is 5.69 Å². The molecule has 250 valence electrons. The first kappa shape index (κ1) is 35.6. The largest absolute Gasteiger partial charge is 0.378 e. The van der Waals surface area contributed by atoms with Crippen molar-refractivity contribution < 1.29 is 23.7 Å². The van der Waals surface area contributed by atoms with Crippen molar-refractivity contribution in [2.45, 2.75) is 37.8 Å². The number of rotatable bonds is 20. The van der Waals surface area contributed by atoms with Crippen LogP contribution in [-0.2, 0) is 30.7 Å². The summed E-state index contributed by atoms with van der Waals surface area (Å²) in [5, 5.41) is 16.7. The Morgan fingerprint density at radius 3 is 2.24 bits per heavy atom. The number of aromatic nitrogens is 2. The van der Waals surface area contributed by atoms with Crippen LogP contribution < -0.4 is 21.8 Å². The van der Waals surface area contributed by atoms with Gasteiger partial charge in [-0.1, -0.05) is 11.6 Å². The van der Waals surface area contributed by atoms with Gasteiger partial charge in [-0.3, -0.25) is 9.59 Å². The van der Waals surface area contributed by atoms with Gasteiger partial charge in [-0.15, -0.1) is 0 Å². The molecule has 3 aromatic rings. The minimum Gasteiger partial charge on any atom is -0.378 e. The third kappa shape index (κ3) is 9.86. The Kier molecular flexibility index (Phi) is 14.0. The predicted octanol–water partition coefficient (Wildman–Crippen LogP) is 3.47. The quantitative estimate of drug-likeness (QED) is 0.154. The second-order valence-corrected chi connectivity index (χ2v) is 11.6. The highest BCUT2D eigenvalue weighted by Crippen LogP contribution is 2.42. The fourth-order valence-electron chi connectivity index (χ4n) is 5.23. The fraction of sp³-hybridized carbons (Fsp3) is 0.545. The lowest BCUT2D eigenvalue weighted by atomic mass is 9.77. The minimum atomic E-state index is -0.461. The van der Waals surface area contributed by atoms with Gasteiger partial charge in [0.2, 0.25) is 0 Å². The van der Waals surface area contributed by atoms with Gasteiger partial charge in [-0.25, -0.2) is 0 Å². The maximum atomic E-state index is 13.0. The Labute approximate surface area is 273 Å². The molecule has 1 aromatic carbocycles. The van der Waals surface area contributed by atoms with Gasteiger partial charge < -0.3 is 43.9 Å². The first-order valence-electron chi connectivity index (χ1n) is 15.6. The number of nitrogens with zero attached hydrogens (tertiary/aromatic N) is 2. The molecule has 2 heterocycles. The molecule has 13 heteroatoms. The highest BCUT2D eigenvalue weighted by atomic mass is 35.5. The molecule has 0 amide bonds. The summed E-state index contributed by atoms with van der Waals surface area (Å²) >= 11 is 6.71. The van der Waals surface area contributed by atoms with Gasteiger partial charge in [0.25, 0.3) is 11.1 Å². The fourth-order valence-corrected chi connectivity index (χ4v) is 5.56.